The minimum atomic E-state index is 0.0179. The Kier molecular flexibility index (Phi) is 4.07. The van der Waals surface area contributed by atoms with Gasteiger partial charge in [-0.25, -0.2) is 14.6 Å². The molecule has 27 heavy (non-hydrogen) atoms. The number of aryl methyl sites for hydroxylation is 1. The smallest absolute Gasteiger partial charge is 0.197 e. The van der Waals surface area contributed by atoms with Crippen molar-refractivity contribution in [3.63, 3.8) is 0 Å². The largest absolute Gasteiger partial charge is 0.369 e. The first kappa shape index (κ1) is 18.0. The quantitative estimate of drug-likeness (QED) is 0.690. The van der Waals surface area contributed by atoms with E-state index in [4.69, 9.17) is 27.4 Å². The van der Waals surface area contributed by atoms with E-state index in [1.54, 1.807) is 0 Å². The Morgan fingerprint density at radius 3 is 2.48 bits per heavy atom. The number of benzene rings is 1. The Labute approximate surface area is 164 Å². The molecule has 1 aromatic carbocycles. The molecule has 0 spiro atoms. The lowest BCUT2D eigenvalue weighted by molar-refractivity contribution is 0.584. The summed E-state index contributed by atoms with van der Waals surface area (Å²) in [6.45, 7) is 10.7. The number of aromatic nitrogens is 5. The van der Waals surface area contributed by atoms with Crippen molar-refractivity contribution in [2.75, 3.05) is 5.73 Å². The predicted octanol–water partition coefficient (Wildman–Crippen LogP) is 4.57. The molecule has 1 fully saturated rings. The van der Waals surface area contributed by atoms with E-state index in [1.165, 1.54) is 0 Å². The van der Waals surface area contributed by atoms with Crippen molar-refractivity contribution < 1.29 is 0 Å². The highest BCUT2D eigenvalue weighted by Gasteiger charge is 2.62. The number of hydrogen-bond acceptors (Lipinski definition) is 4. The first-order valence-electron chi connectivity index (χ1n) is 9.25. The van der Waals surface area contributed by atoms with Gasteiger partial charge in [-0.2, -0.15) is 5.10 Å². The Morgan fingerprint density at radius 1 is 1.19 bits per heavy atom. The van der Waals surface area contributed by atoms with E-state index in [0.29, 0.717) is 11.0 Å². The Morgan fingerprint density at radius 2 is 1.89 bits per heavy atom. The molecule has 0 aliphatic heterocycles. The molecule has 0 saturated heterocycles. The van der Waals surface area contributed by atoms with E-state index in [9.17, 15) is 0 Å². The average Bonchev–Trinajstić information content (AvgIpc) is 2.90. The number of hydrogen-bond donors (Lipinski definition) is 2. The summed E-state index contributed by atoms with van der Waals surface area (Å²) >= 11 is 6.48. The zero-order valence-electron chi connectivity index (χ0n) is 16.3. The van der Waals surface area contributed by atoms with Crippen molar-refractivity contribution in [2.45, 2.75) is 52.4 Å². The SMILES string of the molecule is Cc1nc(N)[nH]c1[C@@H]1[C@@H](c2nc(C(C)C)nn2-c2ccccc2Cl)C1(C)C. The molecule has 1 aliphatic carbocycles. The topological polar surface area (TPSA) is 85.4 Å². The normalized spacial score (nSPS) is 21.0. The van der Waals surface area contributed by atoms with Crippen LogP contribution in [0.1, 0.15) is 68.5 Å². The van der Waals surface area contributed by atoms with Crippen molar-refractivity contribution in [3.8, 4) is 5.69 Å². The minimum absolute atomic E-state index is 0.0179. The van der Waals surface area contributed by atoms with Crippen LogP contribution in [0, 0.1) is 12.3 Å². The van der Waals surface area contributed by atoms with Crippen LogP contribution in [0.15, 0.2) is 24.3 Å². The van der Waals surface area contributed by atoms with Crippen LogP contribution in [0.5, 0.6) is 0 Å². The number of nitrogens with two attached hydrogens (primary N) is 1. The van der Waals surface area contributed by atoms with Gasteiger partial charge in [0.15, 0.2) is 11.8 Å². The molecule has 0 radical (unpaired) electrons. The Hall–Kier alpha value is -2.34. The van der Waals surface area contributed by atoms with E-state index in [2.05, 4.69) is 37.7 Å². The summed E-state index contributed by atoms with van der Waals surface area (Å²) < 4.78 is 1.92. The lowest BCUT2D eigenvalue weighted by Gasteiger charge is -2.08. The second-order valence-electron chi connectivity index (χ2n) is 8.24. The number of para-hydroxylation sites is 1. The third-order valence-electron chi connectivity index (χ3n) is 5.60. The van der Waals surface area contributed by atoms with Gasteiger partial charge in [-0.1, -0.05) is 51.4 Å². The molecule has 142 valence electrons. The zero-order chi connectivity index (χ0) is 19.5. The maximum absolute atomic E-state index is 6.48. The molecule has 0 amide bonds. The molecule has 0 bridgehead atoms. The van der Waals surface area contributed by atoms with Crippen LogP contribution in [-0.4, -0.2) is 24.7 Å². The number of imidazole rings is 1. The number of nitrogens with one attached hydrogen (secondary N) is 1. The second-order valence-corrected chi connectivity index (χ2v) is 8.65. The van der Waals surface area contributed by atoms with Crippen LogP contribution >= 0.6 is 11.6 Å². The second kappa shape index (κ2) is 6.09. The minimum Gasteiger partial charge on any atom is -0.369 e. The number of halogens is 1. The molecule has 1 saturated carbocycles. The zero-order valence-corrected chi connectivity index (χ0v) is 17.0. The molecular weight excluding hydrogens is 360 g/mol. The van der Waals surface area contributed by atoms with Gasteiger partial charge in [0.1, 0.15) is 5.82 Å². The van der Waals surface area contributed by atoms with E-state index in [0.717, 1.165) is 28.7 Å². The van der Waals surface area contributed by atoms with Gasteiger partial charge in [-0.15, -0.1) is 0 Å². The Bertz CT molecular complexity index is 1000. The molecule has 3 aromatic rings. The van der Waals surface area contributed by atoms with Gasteiger partial charge in [0.05, 0.1) is 16.4 Å². The van der Waals surface area contributed by atoms with Crippen molar-refractivity contribution in [1.82, 2.24) is 24.7 Å². The van der Waals surface area contributed by atoms with Gasteiger partial charge in [0, 0.05) is 23.4 Å². The third-order valence-corrected chi connectivity index (χ3v) is 5.92. The van der Waals surface area contributed by atoms with Crippen molar-refractivity contribution in [1.29, 1.82) is 0 Å². The van der Waals surface area contributed by atoms with Crippen LogP contribution in [0.2, 0.25) is 5.02 Å². The fraction of sp³-hybridized carbons (Fsp3) is 0.450. The van der Waals surface area contributed by atoms with Crippen LogP contribution in [-0.2, 0) is 0 Å². The Balaban J connectivity index is 1.84. The fourth-order valence-corrected chi connectivity index (χ4v) is 4.26. The first-order chi connectivity index (χ1) is 12.7. The number of nitrogen functional groups attached to an aromatic ring is 1. The molecule has 6 nitrogen and oxygen atoms in total. The summed E-state index contributed by atoms with van der Waals surface area (Å²) in [5, 5.41) is 5.46. The first-order valence-corrected chi connectivity index (χ1v) is 9.63. The summed E-state index contributed by atoms with van der Waals surface area (Å²) in [6, 6.07) is 7.75. The number of H-pyrrole nitrogens is 1. The van der Waals surface area contributed by atoms with Gasteiger partial charge < -0.3 is 10.7 Å². The highest BCUT2D eigenvalue weighted by molar-refractivity contribution is 6.32. The number of aromatic amines is 1. The summed E-state index contributed by atoms with van der Waals surface area (Å²) in [5.74, 6) is 2.92. The van der Waals surface area contributed by atoms with Crippen molar-refractivity contribution in [2.24, 2.45) is 5.41 Å². The molecule has 0 unspecified atom stereocenters. The van der Waals surface area contributed by atoms with Gasteiger partial charge in [-0.3, -0.25) is 0 Å². The number of rotatable bonds is 4. The predicted molar refractivity (Wildman–Crippen MR) is 107 cm³/mol. The monoisotopic (exact) mass is 384 g/mol. The third kappa shape index (κ3) is 2.83. The number of nitrogens with zero attached hydrogens (tertiary/aromatic N) is 4. The molecule has 2 atom stereocenters. The van der Waals surface area contributed by atoms with E-state index >= 15 is 0 Å². The van der Waals surface area contributed by atoms with E-state index in [-0.39, 0.29) is 23.2 Å². The molecule has 1 aliphatic rings. The lowest BCUT2D eigenvalue weighted by Crippen LogP contribution is -2.05. The molecule has 3 N–H and O–H groups in total. The molecular formula is C20H25ClN6. The van der Waals surface area contributed by atoms with Crippen molar-refractivity contribution in [3.05, 3.63) is 52.3 Å². The van der Waals surface area contributed by atoms with E-state index < -0.39 is 0 Å². The maximum Gasteiger partial charge on any atom is 0.197 e. The molecule has 4 rings (SSSR count). The maximum atomic E-state index is 6.48. The molecule has 2 heterocycles. The van der Waals surface area contributed by atoms with Gasteiger partial charge in [-0.05, 0) is 24.5 Å². The van der Waals surface area contributed by atoms with Crippen LogP contribution in [0.3, 0.4) is 0 Å². The van der Waals surface area contributed by atoms with Crippen molar-refractivity contribution >= 4 is 17.5 Å². The summed E-state index contributed by atoms with van der Waals surface area (Å²) in [6.07, 6.45) is 0. The van der Waals surface area contributed by atoms with E-state index in [1.807, 2.05) is 35.9 Å². The van der Waals surface area contributed by atoms with Gasteiger partial charge in [0.25, 0.3) is 0 Å². The fourth-order valence-electron chi connectivity index (χ4n) is 4.05. The van der Waals surface area contributed by atoms with Gasteiger partial charge in [0.2, 0.25) is 0 Å². The van der Waals surface area contributed by atoms with Crippen LogP contribution in [0.4, 0.5) is 5.95 Å². The standard InChI is InChI=1S/C20H25ClN6/c1-10(2)17-25-18(27(26-17)13-9-7-6-8-12(13)21)15-14(20(15,4)5)16-11(3)23-19(22)24-16/h6-10,14-15H,1-5H3,(H3,22,23,24)/t14-,15-/m0/s1. The average molecular weight is 385 g/mol. The summed E-state index contributed by atoms with van der Waals surface area (Å²) in [5.41, 5.74) is 8.79. The van der Waals surface area contributed by atoms with Crippen LogP contribution in [0.25, 0.3) is 5.69 Å². The highest BCUT2D eigenvalue weighted by atomic mass is 35.5. The van der Waals surface area contributed by atoms with Crippen LogP contribution < -0.4 is 5.73 Å². The molecule has 7 heteroatoms. The summed E-state index contributed by atoms with van der Waals surface area (Å²) in [7, 11) is 0. The lowest BCUT2D eigenvalue weighted by atomic mass is 10.1. The van der Waals surface area contributed by atoms with Gasteiger partial charge >= 0.3 is 0 Å². The summed E-state index contributed by atoms with van der Waals surface area (Å²) in [4.78, 5) is 12.5. The highest BCUT2D eigenvalue weighted by Crippen LogP contribution is 2.69. The number of anilines is 1. The molecule has 2 aromatic heterocycles.